The predicted molar refractivity (Wildman–Crippen MR) is 72.8 cm³/mol. The molecule has 0 atom stereocenters. The number of nitrogens with one attached hydrogen (secondary N) is 1. The lowest BCUT2D eigenvalue weighted by Crippen LogP contribution is -2.36. The molecule has 0 radical (unpaired) electrons. The Kier molecular flexibility index (Phi) is 3.59. The summed E-state index contributed by atoms with van der Waals surface area (Å²) in [5, 5.41) is 10.8. The second-order valence-electron chi connectivity index (χ2n) is 4.05. The zero-order valence-corrected chi connectivity index (χ0v) is 11.9. The van der Waals surface area contributed by atoms with Gasteiger partial charge in [-0.25, -0.2) is 18.2 Å². The topological polar surface area (TPSA) is 86.7 Å². The van der Waals surface area contributed by atoms with E-state index in [1.54, 1.807) is 24.3 Å². The Bertz CT molecular complexity index is 734. The molecule has 1 aromatic carbocycles. The van der Waals surface area contributed by atoms with E-state index in [9.17, 15) is 13.2 Å². The molecule has 0 saturated heterocycles. The van der Waals surface area contributed by atoms with Crippen LogP contribution in [0.3, 0.4) is 0 Å². The van der Waals surface area contributed by atoms with Crippen LogP contribution in [0.15, 0.2) is 29.2 Å². The summed E-state index contributed by atoms with van der Waals surface area (Å²) in [5.41, 5.74) is 0. The first-order valence-corrected chi connectivity index (χ1v) is 7.57. The molecule has 19 heavy (non-hydrogen) atoms. The lowest BCUT2D eigenvalue weighted by Gasteiger charge is -2.12. The van der Waals surface area contributed by atoms with Gasteiger partial charge in [-0.1, -0.05) is 18.2 Å². The van der Waals surface area contributed by atoms with E-state index in [-0.39, 0.29) is 9.77 Å². The predicted octanol–water partition coefficient (Wildman–Crippen LogP) is 1.35. The largest absolute Gasteiger partial charge is 0.477 e. The minimum atomic E-state index is -3.91. The number of hydrogen-bond donors (Lipinski definition) is 2. The first-order valence-electron chi connectivity index (χ1n) is 5.27. The monoisotopic (exact) mass is 300 g/mol. The molecule has 0 amide bonds. The van der Waals surface area contributed by atoms with Crippen LogP contribution in [0, 0.1) is 0 Å². The first-order chi connectivity index (χ1) is 8.83. The number of rotatable bonds is 4. The van der Waals surface area contributed by atoms with Crippen LogP contribution in [-0.2, 0) is 10.0 Å². The van der Waals surface area contributed by atoms with E-state index in [1.165, 1.54) is 19.1 Å². The fraction of sp³-hybridized carbons (Fsp3) is 0.182. The van der Waals surface area contributed by atoms with Crippen LogP contribution >= 0.6 is 11.3 Å². The average molecular weight is 300 g/mol. The van der Waals surface area contributed by atoms with Crippen LogP contribution in [0.2, 0.25) is 0 Å². The molecule has 0 aliphatic rings. The Balaban J connectivity index is 2.77. The van der Waals surface area contributed by atoms with E-state index >= 15 is 0 Å². The van der Waals surface area contributed by atoms with Crippen LogP contribution in [-0.4, -0.2) is 38.6 Å². The summed E-state index contributed by atoms with van der Waals surface area (Å²) in [7, 11) is -0.872. The molecule has 2 aromatic rings. The smallest absolute Gasteiger partial charge is 0.347 e. The van der Waals surface area contributed by atoms with E-state index in [0.29, 0.717) is 10.1 Å². The molecule has 102 valence electrons. The Morgan fingerprint density at radius 2 is 1.95 bits per heavy atom. The molecule has 0 aliphatic carbocycles. The van der Waals surface area contributed by atoms with E-state index in [4.69, 9.17) is 5.11 Å². The minimum absolute atomic E-state index is 0.185. The minimum Gasteiger partial charge on any atom is -0.477 e. The lowest BCUT2D eigenvalue weighted by molar-refractivity contribution is 0.0698. The van der Waals surface area contributed by atoms with Crippen molar-refractivity contribution in [2.45, 2.75) is 4.90 Å². The van der Waals surface area contributed by atoms with Gasteiger partial charge in [0, 0.05) is 24.2 Å². The van der Waals surface area contributed by atoms with Crippen molar-refractivity contribution in [1.82, 2.24) is 9.84 Å². The van der Waals surface area contributed by atoms with Crippen molar-refractivity contribution in [3.8, 4) is 0 Å². The molecule has 0 saturated carbocycles. The van der Waals surface area contributed by atoms with Crippen LogP contribution in [0.4, 0.5) is 0 Å². The third kappa shape index (κ3) is 2.61. The zero-order valence-electron chi connectivity index (χ0n) is 10.2. The lowest BCUT2D eigenvalue weighted by atomic mass is 10.2. The molecule has 0 aliphatic heterocycles. The number of fused-ring (bicyclic) bond motifs is 1. The zero-order chi connectivity index (χ0) is 14.2. The second kappa shape index (κ2) is 4.89. The van der Waals surface area contributed by atoms with Gasteiger partial charge in [0.05, 0.1) is 0 Å². The Morgan fingerprint density at radius 3 is 2.53 bits per heavy atom. The number of carbonyl (C=O) groups is 1. The van der Waals surface area contributed by atoms with E-state index in [1.807, 2.05) is 0 Å². The fourth-order valence-corrected chi connectivity index (χ4v) is 4.54. The summed E-state index contributed by atoms with van der Waals surface area (Å²) < 4.78 is 25.1. The number of thiophene rings is 1. The number of aromatic carboxylic acids is 1. The molecule has 0 spiro atoms. The van der Waals surface area contributed by atoms with Gasteiger partial charge < -0.3 is 5.11 Å². The third-order valence-electron chi connectivity index (χ3n) is 2.32. The number of carboxylic acids is 1. The van der Waals surface area contributed by atoms with Crippen LogP contribution in [0.5, 0.6) is 0 Å². The highest BCUT2D eigenvalue weighted by atomic mass is 32.2. The molecule has 0 bridgehead atoms. The summed E-state index contributed by atoms with van der Waals surface area (Å²) in [6, 6.07) is 6.71. The van der Waals surface area contributed by atoms with E-state index in [2.05, 4.69) is 4.83 Å². The summed E-state index contributed by atoms with van der Waals surface area (Å²) in [4.78, 5) is 13.1. The van der Waals surface area contributed by atoms with Crippen LogP contribution in [0.25, 0.3) is 10.1 Å². The third-order valence-corrected chi connectivity index (χ3v) is 5.17. The van der Waals surface area contributed by atoms with Gasteiger partial charge in [-0.2, -0.15) is 0 Å². The molecular weight excluding hydrogens is 288 g/mol. The van der Waals surface area contributed by atoms with Crippen LogP contribution < -0.4 is 4.83 Å². The maximum atomic E-state index is 12.2. The molecule has 2 N–H and O–H groups in total. The highest BCUT2D eigenvalue weighted by Crippen LogP contribution is 2.34. The van der Waals surface area contributed by atoms with Gasteiger partial charge in [0.15, 0.2) is 0 Å². The fourth-order valence-electron chi connectivity index (χ4n) is 1.72. The average Bonchev–Trinajstić information content (AvgIpc) is 2.66. The summed E-state index contributed by atoms with van der Waals surface area (Å²) >= 11 is 0.949. The van der Waals surface area contributed by atoms with Crippen molar-refractivity contribution < 1.29 is 18.3 Å². The number of nitrogens with zero attached hydrogens (tertiary/aromatic N) is 1. The maximum Gasteiger partial charge on any atom is 0.347 e. The molecule has 2 rings (SSSR count). The normalized spacial score (nSPS) is 12.2. The number of carboxylic acid groups (broad SMARTS) is 1. The van der Waals surface area contributed by atoms with Gasteiger partial charge in [-0.05, 0) is 6.07 Å². The quantitative estimate of drug-likeness (QED) is 0.832. The van der Waals surface area contributed by atoms with Gasteiger partial charge in [-0.15, -0.1) is 16.2 Å². The number of benzene rings is 1. The van der Waals surface area contributed by atoms with E-state index < -0.39 is 16.0 Å². The molecule has 1 heterocycles. The van der Waals surface area contributed by atoms with Crippen molar-refractivity contribution in [2.75, 3.05) is 14.1 Å². The van der Waals surface area contributed by atoms with Crippen molar-refractivity contribution in [1.29, 1.82) is 0 Å². The van der Waals surface area contributed by atoms with Gasteiger partial charge >= 0.3 is 5.97 Å². The van der Waals surface area contributed by atoms with Crippen molar-refractivity contribution in [3.63, 3.8) is 0 Å². The first kappa shape index (κ1) is 13.9. The van der Waals surface area contributed by atoms with Gasteiger partial charge in [-0.3, -0.25) is 0 Å². The Morgan fingerprint density at radius 1 is 1.32 bits per heavy atom. The van der Waals surface area contributed by atoms with Crippen molar-refractivity contribution >= 4 is 37.4 Å². The van der Waals surface area contributed by atoms with Crippen LogP contribution in [0.1, 0.15) is 9.67 Å². The van der Waals surface area contributed by atoms with Crippen molar-refractivity contribution in [2.24, 2.45) is 0 Å². The summed E-state index contributed by atoms with van der Waals surface area (Å²) in [6.45, 7) is 0. The molecule has 0 fully saturated rings. The highest BCUT2D eigenvalue weighted by Gasteiger charge is 2.28. The Hall–Kier alpha value is -1.48. The highest BCUT2D eigenvalue weighted by molar-refractivity contribution is 7.90. The maximum absolute atomic E-state index is 12.2. The molecule has 8 heteroatoms. The number of sulfonamides is 1. The summed E-state index contributed by atoms with van der Waals surface area (Å²) in [5.74, 6) is -1.25. The van der Waals surface area contributed by atoms with E-state index in [0.717, 1.165) is 11.3 Å². The second-order valence-corrected chi connectivity index (χ2v) is 6.70. The van der Waals surface area contributed by atoms with Gasteiger partial charge in [0.25, 0.3) is 10.0 Å². The molecule has 6 nitrogen and oxygen atoms in total. The standard InChI is InChI=1S/C11H12N2O4S2/c1-13(2)12-19(16,17)10-7-5-3-4-6-8(7)18-9(10)11(14)15/h3-6,12H,1-2H3,(H,14,15). The Labute approximate surface area is 114 Å². The number of hydrazine groups is 1. The SMILES string of the molecule is CN(C)NS(=O)(=O)c1c(C(=O)O)sc2ccccc12. The van der Waals surface area contributed by atoms with Gasteiger partial charge in [0.2, 0.25) is 0 Å². The number of hydrogen-bond acceptors (Lipinski definition) is 5. The molecule has 1 aromatic heterocycles. The summed E-state index contributed by atoms with van der Waals surface area (Å²) in [6.07, 6.45) is 0. The van der Waals surface area contributed by atoms with Crippen molar-refractivity contribution in [3.05, 3.63) is 29.1 Å². The molecule has 0 unspecified atom stereocenters. The van der Waals surface area contributed by atoms with Gasteiger partial charge in [0.1, 0.15) is 9.77 Å². The molecular formula is C11H12N2O4S2.